The number of benzene rings is 1. The highest BCUT2D eigenvalue weighted by atomic mass is 16.5. The van der Waals surface area contributed by atoms with E-state index in [9.17, 15) is 9.59 Å². The normalized spacial score (nSPS) is 26.3. The summed E-state index contributed by atoms with van der Waals surface area (Å²) in [6.07, 6.45) is 2.88. The fourth-order valence-corrected chi connectivity index (χ4v) is 3.73. The second kappa shape index (κ2) is 8.05. The first-order valence-electron chi connectivity index (χ1n) is 9.32. The van der Waals surface area contributed by atoms with Gasteiger partial charge in [0.15, 0.2) is 0 Å². The second-order valence-electron chi connectivity index (χ2n) is 6.96. The molecule has 2 fully saturated rings. The standard InChI is InChI=1S/C19H28N4O3/c1-4-6-14-11-17(21-20-14)19(25)22-9-10-23(18(24)13(22)2)15-7-5-8-16(12-15)26-3/h5,7-8,12-14,17,20-21H,4,6,9-11H2,1-3H3. The Kier molecular flexibility index (Phi) is 5.78. The zero-order valence-corrected chi connectivity index (χ0v) is 15.7. The Morgan fingerprint density at radius 2 is 2.12 bits per heavy atom. The minimum Gasteiger partial charge on any atom is -0.497 e. The lowest BCUT2D eigenvalue weighted by Gasteiger charge is -2.40. The number of amides is 2. The fraction of sp³-hybridized carbons (Fsp3) is 0.579. The molecule has 1 aromatic rings. The Bertz CT molecular complexity index is 666. The Morgan fingerprint density at radius 1 is 1.31 bits per heavy atom. The number of nitrogens with one attached hydrogen (secondary N) is 2. The number of rotatable bonds is 5. The third-order valence-electron chi connectivity index (χ3n) is 5.22. The molecule has 2 aliphatic rings. The number of ether oxygens (including phenoxy) is 1. The van der Waals surface area contributed by atoms with Gasteiger partial charge >= 0.3 is 0 Å². The number of piperazine rings is 1. The predicted octanol–water partition coefficient (Wildman–Crippen LogP) is 1.29. The molecule has 2 heterocycles. The molecule has 2 aliphatic heterocycles. The monoisotopic (exact) mass is 360 g/mol. The highest BCUT2D eigenvalue weighted by Crippen LogP contribution is 2.25. The molecular formula is C19H28N4O3. The van der Waals surface area contributed by atoms with Crippen molar-refractivity contribution in [2.24, 2.45) is 0 Å². The molecule has 0 spiro atoms. The van der Waals surface area contributed by atoms with Crippen molar-refractivity contribution in [2.45, 2.75) is 51.2 Å². The van der Waals surface area contributed by atoms with Gasteiger partial charge in [0.25, 0.3) is 0 Å². The highest BCUT2D eigenvalue weighted by Gasteiger charge is 2.39. The van der Waals surface area contributed by atoms with E-state index < -0.39 is 6.04 Å². The Labute approximate surface area is 154 Å². The smallest absolute Gasteiger partial charge is 0.249 e. The summed E-state index contributed by atoms with van der Waals surface area (Å²) in [7, 11) is 1.61. The molecule has 7 nitrogen and oxygen atoms in total. The lowest BCUT2D eigenvalue weighted by Crippen LogP contribution is -2.60. The molecule has 26 heavy (non-hydrogen) atoms. The SMILES string of the molecule is CCCC1CC(C(=O)N2CCN(c3cccc(OC)c3)C(=O)C2C)NN1. The largest absolute Gasteiger partial charge is 0.497 e. The van der Waals surface area contributed by atoms with E-state index in [0.29, 0.717) is 24.9 Å². The fourth-order valence-electron chi connectivity index (χ4n) is 3.73. The van der Waals surface area contributed by atoms with E-state index in [1.807, 2.05) is 24.3 Å². The number of carbonyl (C=O) groups excluding carboxylic acids is 2. The maximum absolute atomic E-state index is 12.9. The van der Waals surface area contributed by atoms with Gasteiger partial charge in [0.2, 0.25) is 11.8 Å². The average Bonchev–Trinajstić information content (AvgIpc) is 3.12. The summed E-state index contributed by atoms with van der Waals surface area (Å²) in [5.41, 5.74) is 7.10. The van der Waals surface area contributed by atoms with Gasteiger partial charge in [-0.2, -0.15) is 0 Å². The van der Waals surface area contributed by atoms with Crippen molar-refractivity contribution in [2.75, 3.05) is 25.1 Å². The number of nitrogens with zero attached hydrogens (tertiary/aromatic N) is 2. The molecule has 0 aliphatic carbocycles. The molecule has 2 N–H and O–H groups in total. The lowest BCUT2D eigenvalue weighted by molar-refractivity contribution is -0.142. The summed E-state index contributed by atoms with van der Waals surface area (Å²) < 4.78 is 5.25. The molecule has 0 bridgehead atoms. The number of methoxy groups -OCH3 is 1. The Balaban J connectivity index is 1.67. The molecular weight excluding hydrogens is 332 g/mol. The first kappa shape index (κ1) is 18.7. The predicted molar refractivity (Wildman–Crippen MR) is 99.9 cm³/mol. The number of hydrogen-bond acceptors (Lipinski definition) is 5. The van der Waals surface area contributed by atoms with Crippen LogP contribution < -0.4 is 20.5 Å². The van der Waals surface area contributed by atoms with Crippen molar-refractivity contribution < 1.29 is 14.3 Å². The van der Waals surface area contributed by atoms with Crippen LogP contribution in [0.5, 0.6) is 5.75 Å². The molecule has 142 valence electrons. The van der Waals surface area contributed by atoms with Crippen molar-refractivity contribution in [1.29, 1.82) is 0 Å². The summed E-state index contributed by atoms with van der Waals surface area (Å²) >= 11 is 0. The van der Waals surface area contributed by atoms with Crippen molar-refractivity contribution in [3.05, 3.63) is 24.3 Å². The minimum atomic E-state index is -0.477. The van der Waals surface area contributed by atoms with Crippen LogP contribution in [0, 0.1) is 0 Å². The number of anilines is 1. The summed E-state index contributed by atoms with van der Waals surface area (Å²) in [4.78, 5) is 29.2. The van der Waals surface area contributed by atoms with E-state index in [0.717, 1.165) is 24.9 Å². The van der Waals surface area contributed by atoms with Crippen LogP contribution in [0.2, 0.25) is 0 Å². The Hall–Kier alpha value is -2.12. The zero-order valence-electron chi connectivity index (χ0n) is 15.7. The minimum absolute atomic E-state index is 0.00208. The van der Waals surface area contributed by atoms with Crippen LogP contribution in [0.1, 0.15) is 33.1 Å². The average molecular weight is 360 g/mol. The summed E-state index contributed by atoms with van der Waals surface area (Å²) in [6, 6.07) is 7.04. The van der Waals surface area contributed by atoms with Crippen molar-refractivity contribution in [1.82, 2.24) is 15.8 Å². The van der Waals surface area contributed by atoms with Crippen LogP contribution in [-0.2, 0) is 9.59 Å². The van der Waals surface area contributed by atoms with Gasteiger partial charge in [-0.1, -0.05) is 19.4 Å². The third-order valence-corrected chi connectivity index (χ3v) is 5.22. The first-order valence-corrected chi connectivity index (χ1v) is 9.32. The molecule has 0 saturated carbocycles. The van der Waals surface area contributed by atoms with Gasteiger partial charge in [-0.25, -0.2) is 5.43 Å². The Morgan fingerprint density at radius 3 is 2.85 bits per heavy atom. The molecule has 2 amide bonds. The van der Waals surface area contributed by atoms with Gasteiger partial charge in [0, 0.05) is 30.9 Å². The van der Waals surface area contributed by atoms with Crippen molar-refractivity contribution in [3.8, 4) is 5.75 Å². The van der Waals surface area contributed by atoms with E-state index in [1.165, 1.54) is 0 Å². The van der Waals surface area contributed by atoms with Gasteiger partial charge in [-0.05, 0) is 31.9 Å². The van der Waals surface area contributed by atoms with E-state index >= 15 is 0 Å². The highest BCUT2D eigenvalue weighted by molar-refractivity contribution is 6.00. The number of hydrazine groups is 1. The lowest BCUT2D eigenvalue weighted by atomic mass is 10.0. The second-order valence-corrected chi connectivity index (χ2v) is 6.96. The molecule has 3 rings (SSSR count). The first-order chi connectivity index (χ1) is 12.5. The maximum atomic E-state index is 12.9. The van der Waals surface area contributed by atoms with Crippen LogP contribution in [0.3, 0.4) is 0 Å². The molecule has 3 atom stereocenters. The third kappa shape index (κ3) is 3.68. The molecule has 7 heteroatoms. The quantitative estimate of drug-likeness (QED) is 0.828. The van der Waals surface area contributed by atoms with Crippen LogP contribution >= 0.6 is 0 Å². The van der Waals surface area contributed by atoms with E-state index in [4.69, 9.17) is 4.74 Å². The maximum Gasteiger partial charge on any atom is 0.249 e. The van der Waals surface area contributed by atoms with E-state index in [-0.39, 0.29) is 17.9 Å². The summed E-state index contributed by atoms with van der Waals surface area (Å²) in [5.74, 6) is 0.654. The molecule has 0 aromatic heterocycles. The zero-order chi connectivity index (χ0) is 18.7. The van der Waals surface area contributed by atoms with Gasteiger partial charge < -0.3 is 14.5 Å². The molecule has 2 saturated heterocycles. The van der Waals surface area contributed by atoms with Crippen molar-refractivity contribution >= 4 is 17.5 Å². The number of carbonyl (C=O) groups is 2. The van der Waals surface area contributed by atoms with Gasteiger partial charge in [0.1, 0.15) is 17.8 Å². The topological polar surface area (TPSA) is 73.9 Å². The van der Waals surface area contributed by atoms with E-state index in [1.54, 1.807) is 23.8 Å². The van der Waals surface area contributed by atoms with Crippen LogP contribution in [0.25, 0.3) is 0 Å². The van der Waals surface area contributed by atoms with Crippen LogP contribution in [0.15, 0.2) is 24.3 Å². The van der Waals surface area contributed by atoms with Crippen molar-refractivity contribution in [3.63, 3.8) is 0 Å². The number of hydrogen-bond donors (Lipinski definition) is 2. The molecule has 1 aromatic carbocycles. The van der Waals surface area contributed by atoms with Gasteiger partial charge in [-0.15, -0.1) is 0 Å². The van der Waals surface area contributed by atoms with Crippen LogP contribution in [-0.4, -0.2) is 55.0 Å². The van der Waals surface area contributed by atoms with Crippen LogP contribution in [0.4, 0.5) is 5.69 Å². The summed E-state index contributed by atoms with van der Waals surface area (Å²) in [5, 5.41) is 0. The van der Waals surface area contributed by atoms with E-state index in [2.05, 4.69) is 17.8 Å². The summed E-state index contributed by atoms with van der Waals surface area (Å²) in [6.45, 7) is 4.95. The van der Waals surface area contributed by atoms with Gasteiger partial charge in [-0.3, -0.25) is 15.0 Å². The molecule has 0 radical (unpaired) electrons. The molecule has 3 unspecified atom stereocenters. The van der Waals surface area contributed by atoms with Gasteiger partial charge in [0.05, 0.1) is 7.11 Å².